The maximum atomic E-state index is 12.6. The molecule has 6 heteroatoms. The molecule has 3 rings (SSSR count). The van der Waals surface area contributed by atoms with Gasteiger partial charge in [-0.15, -0.1) is 0 Å². The lowest BCUT2D eigenvalue weighted by Crippen LogP contribution is -2.43. The highest BCUT2D eigenvalue weighted by Crippen LogP contribution is 2.29. The molecule has 0 aromatic heterocycles. The smallest absolute Gasteiger partial charge is 0.410 e. The van der Waals surface area contributed by atoms with E-state index in [1.807, 2.05) is 43.9 Å². The van der Waals surface area contributed by atoms with Gasteiger partial charge in [0.2, 0.25) is 0 Å². The van der Waals surface area contributed by atoms with Gasteiger partial charge in [0.25, 0.3) is 5.91 Å². The van der Waals surface area contributed by atoms with Gasteiger partial charge >= 0.3 is 6.09 Å². The van der Waals surface area contributed by atoms with Crippen LogP contribution in [0.4, 0.5) is 4.79 Å². The van der Waals surface area contributed by atoms with Gasteiger partial charge in [0.05, 0.1) is 7.11 Å². The average Bonchev–Trinajstić information content (AvgIpc) is 2.89. The minimum absolute atomic E-state index is 0.0947. The summed E-state index contributed by atoms with van der Waals surface area (Å²) in [5, 5.41) is 0. The number of rotatable bonds is 3. The van der Waals surface area contributed by atoms with Crippen molar-refractivity contribution in [2.24, 2.45) is 5.92 Å². The van der Waals surface area contributed by atoms with E-state index >= 15 is 0 Å². The molecule has 0 unspecified atom stereocenters. The van der Waals surface area contributed by atoms with Crippen molar-refractivity contribution in [3.63, 3.8) is 0 Å². The van der Waals surface area contributed by atoms with E-state index in [1.54, 1.807) is 12.0 Å². The van der Waals surface area contributed by atoms with Gasteiger partial charge in [0, 0.05) is 31.7 Å². The topological polar surface area (TPSA) is 59.1 Å². The Bertz CT molecular complexity index is 688. The molecule has 6 nitrogen and oxygen atoms in total. The van der Waals surface area contributed by atoms with Crippen molar-refractivity contribution in [1.82, 2.24) is 9.80 Å². The molecule has 2 aliphatic heterocycles. The van der Waals surface area contributed by atoms with Crippen LogP contribution < -0.4 is 4.74 Å². The van der Waals surface area contributed by atoms with Crippen LogP contribution >= 0.6 is 0 Å². The molecule has 0 radical (unpaired) electrons. The third-order valence-corrected chi connectivity index (χ3v) is 4.94. The Morgan fingerprint density at radius 3 is 2.54 bits per heavy atom. The van der Waals surface area contributed by atoms with Crippen LogP contribution in [0.25, 0.3) is 0 Å². The molecule has 0 aliphatic carbocycles. The van der Waals surface area contributed by atoms with Gasteiger partial charge in [-0.2, -0.15) is 0 Å². The number of piperidine rings is 1. The number of carbonyl (C=O) groups excluding carboxylic acids is 2. The Labute approximate surface area is 155 Å². The summed E-state index contributed by atoms with van der Waals surface area (Å²) >= 11 is 0. The van der Waals surface area contributed by atoms with Crippen LogP contribution in [-0.4, -0.2) is 54.1 Å². The number of nitrogens with zero attached hydrogens (tertiary/aromatic N) is 2. The Hall–Kier alpha value is -2.24. The number of benzene rings is 1. The van der Waals surface area contributed by atoms with Crippen molar-refractivity contribution in [3.05, 3.63) is 29.3 Å². The molecule has 0 bridgehead atoms. The van der Waals surface area contributed by atoms with Crippen molar-refractivity contribution in [3.8, 4) is 5.75 Å². The summed E-state index contributed by atoms with van der Waals surface area (Å²) in [6.45, 7) is 8.37. The van der Waals surface area contributed by atoms with Gasteiger partial charge < -0.3 is 19.3 Å². The third kappa shape index (κ3) is 4.11. The first-order valence-corrected chi connectivity index (χ1v) is 9.21. The van der Waals surface area contributed by atoms with Crippen LogP contribution in [0.15, 0.2) is 18.2 Å². The molecule has 0 saturated carbocycles. The summed E-state index contributed by atoms with van der Waals surface area (Å²) in [5.74, 6) is 1.29. The van der Waals surface area contributed by atoms with Gasteiger partial charge in [-0.3, -0.25) is 4.79 Å². The summed E-state index contributed by atoms with van der Waals surface area (Å²) in [4.78, 5) is 28.4. The second-order valence-electron chi connectivity index (χ2n) is 8.12. The third-order valence-electron chi connectivity index (χ3n) is 4.94. The SMILES string of the molecule is COc1ccc2c(c1)CN(CC1CCN(C(=O)OC(C)(C)C)CC1)C2=O. The molecule has 0 atom stereocenters. The highest BCUT2D eigenvalue weighted by Gasteiger charge is 2.32. The lowest BCUT2D eigenvalue weighted by molar-refractivity contribution is 0.0167. The first kappa shape index (κ1) is 18.5. The summed E-state index contributed by atoms with van der Waals surface area (Å²) < 4.78 is 10.7. The van der Waals surface area contributed by atoms with E-state index in [9.17, 15) is 9.59 Å². The standard InChI is InChI=1S/C20H28N2O4/c1-20(2,3)26-19(24)21-9-7-14(8-10-21)12-22-13-15-11-16(25-4)5-6-17(15)18(22)23/h5-6,11,14H,7-10,12-13H2,1-4H3. The molecule has 2 amide bonds. The Kier molecular flexibility index (Phi) is 5.12. The van der Waals surface area contributed by atoms with Crippen LogP contribution in [0, 0.1) is 5.92 Å². The molecular weight excluding hydrogens is 332 g/mol. The quantitative estimate of drug-likeness (QED) is 0.830. The lowest BCUT2D eigenvalue weighted by atomic mass is 9.96. The maximum Gasteiger partial charge on any atom is 0.410 e. The number of fused-ring (bicyclic) bond motifs is 1. The minimum atomic E-state index is -0.470. The summed E-state index contributed by atoms with van der Waals surface area (Å²) in [5.41, 5.74) is 1.33. The van der Waals surface area contributed by atoms with E-state index in [1.165, 1.54) is 0 Å². The number of hydrogen-bond donors (Lipinski definition) is 0. The zero-order valence-corrected chi connectivity index (χ0v) is 16.1. The molecule has 1 fully saturated rings. The first-order valence-electron chi connectivity index (χ1n) is 9.21. The number of methoxy groups -OCH3 is 1. The second-order valence-corrected chi connectivity index (χ2v) is 8.12. The van der Waals surface area contributed by atoms with Crippen LogP contribution in [-0.2, 0) is 11.3 Å². The molecule has 0 N–H and O–H groups in total. The summed E-state index contributed by atoms with van der Waals surface area (Å²) in [7, 11) is 1.63. The normalized spacial score (nSPS) is 18.1. The van der Waals surface area contributed by atoms with Gasteiger partial charge in [0.15, 0.2) is 0 Å². The van der Waals surface area contributed by atoms with Gasteiger partial charge in [-0.05, 0) is 63.3 Å². The van der Waals surface area contributed by atoms with Gasteiger partial charge in [-0.1, -0.05) is 0 Å². The second kappa shape index (κ2) is 7.17. The number of likely N-dealkylation sites (tertiary alicyclic amines) is 1. The van der Waals surface area contributed by atoms with E-state index in [4.69, 9.17) is 9.47 Å². The van der Waals surface area contributed by atoms with E-state index in [0.717, 1.165) is 36.3 Å². The molecule has 142 valence electrons. The molecule has 1 saturated heterocycles. The molecular formula is C20H28N2O4. The van der Waals surface area contributed by atoms with Crippen molar-refractivity contribution in [1.29, 1.82) is 0 Å². The Balaban J connectivity index is 1.53. The number of hydrogen-bond acceptors (Lipinski definition) is 4. The molecule has 26 heavy (non-hydrogen) atoms. The fourth-order valence-electron chi connectivity index (χ4n) is 3.57. The molecule has 0 spiro atoms. The molecule has 2 aliphatic rings. The van der Waals surface area contributed by atoms with E-state index in [0.29, 0.717) is 25.6 Å². The zero-order chi connectivity index (χ0) is 18.9. The first-order chi connectivity index (χ1) is 12.3. The monoisotopic (exact) mass is 360 g/mol. The summed E-state index contributed by atoms with van der Waals surface area (Å²) in [6.07, 6.45) is 1.54. The predicted molar refractivity (Wildman–Crippen MR) is 98.3 cm³/mol. The highest BCUT2D eigenvalue weighted by molar-refractivity contribution is 5.98. The van der Waals surface area contributed by atoms with Crippen molar-refractivity contribution in [2.45, 2.75) is 45.8 Å². The fraction of sp³-hybridized carbons (Fsp3) is 0.600. The Morgan fingerprint density at radius 2 is 1.92 bits per heavy atom. The lowest BCUT2D eigenvalue weighted by Gasteiger charge is -2.34. The van der Waals surface area contributed by atoms with Crippen LogP contribution in [0.5, 0.6) is 5.75 Å². The molecule has 2 heterocycles. The number of amides is 2. The largest absolute Gasteiger partial charge is 0.497 e. The number of carbonyl (C=O) groups is 2. The van der Waals surface area contributed by atoms with Gasteiger partial charge in [-0.25, -0.2) is 4.79 Å². The van der Waals surface area contributed by atoms with Crippen molar-refractivity contribution >= 4 is 12.0 Å². The van der Waals surface area contributed by atoms with Crippen molar-refractivity contribution < 1.29 is 19.1 Å². The highest BCUT2D eigenvalue weighted by atomic mass is 16.6. The van der Waals surface area contributed by atoms with Crippen molar-refractivity contribution in [2.75, 3.05) is 26.7 Å². The van der Waals surface area contributed by atoms with Crippen LogP contribution in [0.3, 0.4) is 0 Å². The minimum Gasteiger partial charge on any atom is -0.497 e. The predicted octanol–water partition coefficient (Wildman–Crippen LogP) is 3.30. The van der Waals surface area contributed by atoms with Gasteiger partial charge in [0.1, 0.15) is 11.4 Å². The van der Waals surface area contributed by atoms with E-state index in [2.05, 4.69) is 0 Å². The fourth-order valence-corrected chi connectivity index (χ4v) is 3.57. The van der Waals surface area contributed by atoms with Crippen LogP contribution in [0.1, 0.15) is 49.5 Å². The van der Waals surface area contributed by atoms with E-state index in [-0.39, 0.29) is 12.0 Å². The molecule has 1 aromatic rings. The Morgan fingerprint density at radius 1 is 1.23 bits per heavy atom. The van der Waals surface area contributed by atoms with Crippen LogP contribution in [0.2, 0.25) is 0 Å². The maximum absolute atomic E-state index is 12.6. The number of ether oxygens (including phenoxy) is 2. The average molecular weight is 360 g/mol. The van der Waals surface area contributed by atoms with E-state index < -0.39 is 5.60 Å². The summed E-state index contributed by atoms with van der Waals surface area (Å²) in [6, 6.07) is 5.62. The zero-order valence-electron chi connectivity index (χ0n) is 16.1. The molecule has 1 aromatic carbocycles.